The molecule has 1 aromatic heterocycles. The first-order valence-electron chi connectivity index (χ1n) is 9.75. The maximum Gasteiger partial charge on any atom is 0.317 e. The van der Waals surface area contributed by atoms with Gasteiger partial charge in [-0.2, -0.15) is 0 Å². The van der Waals surface area contributed by atoms with Crippen molar-refractivity contribution in [2.75, 3.05) is 26.2 Å². The second-order valence-corrected chi connectivity index (χ2v) is 8.02. The minimum atomic E-state index is 0.105. The van der Waals surface area contributed by atoms with Crippen molar-refractivity contribution in [3.63, 3.8) is 0 Å². The van der Waals surface area contributed by atoms with E-state index in [2.05, 4.69) is 15.2 Å². The zero-order valence-electron chi connectivity index (χ0n) is 15.1. The van der Waals surface area contributed by atoms with Crippen molar-refractivity contribution in [1.82, 2.24) is 20.1 Å². The van der Waals surface area contributed by atoms with Gasteiger partial charge >= 0.3 is 6.03 Å². The molecular weight excluding hydrogens is 352 g/mol. The number of pyridine rings is 1. The van der Waals surface area contributed by atoms with E-state index in [0.717, 1.165) is 45.3 Å². The van der Waals surface area contributed by atoms with Gasteiger partial charge in [-0.3, -0.25) is 4.90 Å². The highest BCUT2D eigenvalue weighted by Crippen LogP contribution is 2.27. The van der Waals surface area contributed by atoms with Gasteiger partial charge in [-0.15, -0.1) is 0 Å². The molecule has 3 heterocycles. The first-order valence-corrected chi connectivity index (χ1v) is 10.1. The number of amides is 2. The SMILES string of the molecule is O=C(NC1CCC(Oc2ncccc2Cl)CC1)N1CCN2CCCC2C1. The molecule has 3 aliphatic rings. The molecule has 26 heavy (non-hydrogen) atoms. The topological polar surface area (TPSA) is 57.7 Å². The number of hydrogen-bond donors (Lipinski definition) is 1. The van der Waals surface area contributed by atoms with Gasteiger partial charge in [0.25, 0.3) is 0 Å². The summed E-state index contributed by atoms with van der Waals surface area (Å²) in [6, 6.07) is 4.51. The van der Waals surface area contributed by atoms with Crippen LogP contribution in [0, 0.1) is 0 Å². The van der Waals surface area contributed by atoms with Gasteiger partial charge in [0.15, 0.2) is 0 Å². The van der Waals surface area contributed by atoms with E-state index in [4.69, 9.17) is 16.3 Å². The van der Waals surface area contributed by atoms with Crippen LogP contribution in [-0.2, 0) is 0 Å². The zero-order valence-corrected chi connectivity index (χ0v) is 15.8. The van der Waals surface area contributed by atoms with Crippen molar-refractivity contribution in [2.24, 2.45) is 0 Å². The highest BCUT2D eigenvalue weighted by molar-refractivity contribution is 6.31. The molecule has 0 aromatic carbocycles. The summed E-state index contributed by atoms with van der Waals surface area (Å²) in [7, 11) is 0. The Morgan fingerprint density at radius 2 is 2.04 bits per heavy atom. The second-order valence-electron chi connectivity index (χ2n) is 7.61. The molecule has 1 atom stereocenters. The van der Waals surface area contributed by atoms with E-state index in [0.29, 0.717) is 16.9 Å². The summed E-state index contributed by atoms with van der Waals surface area (Å²) in [6.07, 6.45) is 8.00. The number of carbonyl (C=O) groups excluding carboxylic acids is 1. The monoisotopic (exact) mass is 378 g/mol. The van der Waals surface area contributed by atoms with E-state index >= 15 is 0 Å². The van der Waals surface area contributed by atoms with Crippen molar-refractivity contribution in [2.45, 2.75) is 56.7 Å². The number of piperazine rings is 1. The molecule has 0 spiro atoms. The van der Waals surface area contributed by atoms with E-state index in [9.17, 15) is 4.79 Å². The van der Waals surface area contributed by atoms with Gasteiger partial charge in [-0.05, 0) is 57.2 Å². The van der Waals surface area contributed by atoms with Gasteiger partial charge in [0.1, 0.15) is 11.1 Å². The van der Waals surface area contributed by atoms with E-state index in [-0.39, 0.29) is 18.2 Å². The second kappa shape index (κ2) is 8.01. The van der Waals surface area contributed by atoms with Gasteiger partial charge in [0.2, 0.25) is 5.88 Å². The van der Waals surface area contributed by atoms with Crippen LogP contribution >= 0.6 is 11.6 Å². The predicted molar refractivity (Wildman–Crippen MR) is 101 cm³/mol. The molecule has 142 valence electrons. The zero-order chi connectivity index (χ0) is 17.9. The van der Waals surface area contributed by atoms with Crippen molar-refractivity contribution in [3.8, 4) is 5.88 Å². The fourth-order valence-electron chi connectivity index (χ4n) is 4.38. The fraction of sp³-hybridized carbons (Fsp3) is 0.684. The summed E-state index contributed by atoms with van der Waals surface area (Å²) in [5.74, 6) is 0.510. The number of aromatic nitrogens is 1. The summed E-state index contributed by atoms with van der Waals surface area (Å²) in [5, 5.41) is 3.79. The van der Waals surface area contributed by atoms with Gasteiger partial charge < -0.3 is 15.0 Å². The van der Waals surface area contributed by atoms with Gasteiger partial charge in [-0.1, -0.05) is 11.6 Å². The van der Waals surface area contributed by atoms with Crippen LogP contribution in [0.15, 0.2) is 18.3 Å². The van der Waals surface area contributed by atoms with E-state index < -0.39 is 0 Å². The fourth-order valence-corrected chi connectivity index (χ4v) is 4.55. The molecule has 1 aromatic rings. The van der Waals surface area contributed by atoms with Crippen LogP contribution in [-0.4, -0.2) is 65.2 Å². The molecular formula is C19H27ClN4O2. The van der Waals surface area contributed by atoms with Gasteiger partial charge in [0.05, 0.1) is 0 Å². The van der Waals surface area contributed by atoms with Crippen molar-refractivity contribution in [1.29, 1.82) is 0 Å². The van der Waals surface area contributed by atoms with Crippen LogP contribution < -0.4 is 10.1 Å². The summed E-state index contributed by atoms with van der Waals surface area (Å²) in [6.45, 7) is 3.94. The Morgan fingerprint density at radius 3 is 2.85 bits per heavy atom. The third-order valence-corrected chi connectivity index (χ3v) is 6.17. The lowest BCUT2D eigenvalue weighted by atomic mass is 9.93. The van der Waals surface area contributed by atoms with Crippen LogP contribution in [0.5, 0.6) is 5.88 Å². The molecule has 1 N–H and O–H groups in total. The Kier molecular flexibility index (Phi) is 5.50. The summed E-state index contributed by atoms with van der Waals surface area (Å²) < 4.78 is 5.93. The molecule has 2 aliphatic heterocycles. The molecule has 2 saturated heterocycles. The average molecular weight is 379 g/mol. The molecule has 4 rings (SSSR count). The molecule has 1 aliphatic carbocycles. The number of urea groups is 1. The summed E-state index contributed by atoms with van der Waals surface area (Å²) >= 11 is 6.11. The molecule has 1 saturated carbocycles. The van der Waals surface area contributed by atoms with E-state index in [1.807, 2.05) is 4.90 Å². The predicted octanol–water partition coefficient (Wildman–Crippen LogP) is 2.91. The minimum absolute atomic E-state index is 0.105. The third-order valence-electron chi connectivity index (χ3n) is 5.88. The number of halogens is 1. The Labute approximate surface area is 159 Å². The number of ether oxygens (including phenoxy) is 1. The lowest BCUT2D eigenvalue weighted by Crippen LogP contribution is -2.56. The Bertz CT molecular complexity index is 636. The highest BCUT2D eigenvalue weighted by atomic mass is 35.5. The minimum Gasteiger partial charge on any atom is -0.473 e. The summed E-state index contributed by atoms with van der Waals surface area (Å²) in [4.78, 5) is 21.3. The standard InChI is InChI=1S/C19H27ClN4O2/c20-17-4-1-9-21-18(17)26-16-7-5-14(6-8-16)22-19(25)24-12-11-23-10-2-3-15(23)13-24/h1,4,9,14-16H,2-3,5-8,10-13H2,(H,22,25). The lowest BCUT2D eigenvalue weighted by Gasteiger charge is -2.38. The first-order chi connectivity index (χ1) is 12.7. The maximum absolute atomic E-state index is 12.6. The highest BCUT2D eigenvalue weighted by Gasteiger charge is 2.33. The Morgan fingerprint density at radius 1 is 1.19 bits per heavy atom. The third kappa shape index (κ3) is 4.07. The Hall–Kier alpha value is -1.53. The number of fused-ring (bicyclic) bond motifs is 1. The molecule has 7 heteroatoms. The average Bonchev–Trinajstić information content (AvgIpc) is 3.13. The van der Waals surface area contributed by atoms with E-state index in [1.165, 1.54) is 19.4 Å². The molecule has 1 unspecified atom stereocenters. The molecule has 3 fully saturated rings. The number of nitrogens with one attached hydrogen (secondary N) is 1. The van der Waals surface area contributed by atoms with Crippen LogP contribution in [0.3, 0.4) is 0 Å². The number of hydrogen-bond acceptors (Lipinski definition) is 4. The van der Waals surface area contributed by atoms with Crippen LogP contribution in [0.4, 0.5) is 4.79 Å². The molecule has 0 bridgehead atoms. The van der Waals surface area contributed by atoms with Crippen molar-refractivity contribution in [3.05, 3.63) is 23.4 Å². The van der Waals surface area contributed by atoms with Crippen LogP contribution in [0.2, 0.25) is 5.02 Å². The number of carbonyl (C=O) groups is 1. The normalized spacial score (nSPS) is 29.3. The van der Waals surface area contributed by atoms with Crippen molar-refractivity contribution >= 4 is 17.6 Å². The smallest absolute Gasteiger partial charge is 0.317 e. The van der Waals surface area contributed by atoms with Crippen molar-refractivity contribution < 1.29 is 9.53 Å². The van der Waals surface area contributed by atoms with Crippen LogP contribution in [0.25, 0.3) is 0 Å². The summed E-state index contributed by atoms with van der Waals surface area (Å²) in [5.41, 5.74) is 0. The number of rotatable bonds is 3. The quantitative estimate of drug-likeness (QED) is 0.878. The van der Waals surface area contributed by atoms with Crippen LogP contribution in [0.1, 0.15) is 38.5 Å². The number of nitrogens with zero attached hydrogens (tertiary/aromatic N) is 3. The van der Waals surface area contributed by atoms with Gasteiger partial charge in [-0.25, -0.2) is 9.78 Å². The maximum atomic E-state index is 12.6. The molecule has 2 amide bonds. The van der Waals surface area contributed by atoms with E-state index in [1.54, 1.807) is 18.3 Å². The van der Waals surface area contributed by atoms with Gasteiger partial charge in [0, 0.05) is 37.9 Å². The molecule has 6 nitrogen and oxygen atoms in total. The molecule has 0 radical (unpaired) electrons. The largest absolute Gasteiger partial charge is 0.473 e. The lowest BCUT2D eigenvalue weighted by molar-refractivity contribution is 0.108. The first kappa shape index (κ1) is 17.9. The Balaban J connectivity index is 1.22.